The van der Waals surface area contributed by atoms with Crippen LogP contribution in [0.1, 0.15) is 0 Å². The largest absolute Gasteiger partial charge is 4.00 e. The van der Waals surface area contributed by atoms with Crippen molar-refractivity contribution in [2.24, 2.45) is 0 Å². The Bertz CT molecular complexity index is 208. The van der Waals surface area contributed by atoms with E-state index in [1.165, 1.54) is 0 Å². The standard InChI is InChI=1S/Mo.3H3O4P.V/c;3*1-5(2,3)4;/h;3*(H3,1,2,3,4);/q+4;;;;/p-9. The van der Waals surface area contributed by atoms with Crippen LogP contribution in [0.2, 0.25) is 0 Å². The molecule has 1 radical (unpaired) electrons. The molecule has 0 saturated heterocycles. The Morgan fingerprint density at radius 3 is 0.471 bits per heavy atom. The summed E-state index contributed by atoms with van der Waals surface area (Å²) in [5.41, 5.74) is 0. The molecule has 17 heteroatoms. The molecule has 0 fully saturated rings. The maximum Gasteiger partial charge on any atom is 4.00 e. The summed E-state index contributed by atoms with van der Waals surface area (Å²) in [6.45, 7) is 0. The summed E-state index contributed by atoms with van der Waals surface area (Å²) in [7, 11) is -16.2. The molecular weight excluding hydrogens is 432 g/mol. The second-order valence-corrected chi connectivity index (χ2v) is 4.02. The van der Waals surface area contributed by atoms with Crippen LogP contribution in [0.3, 0.4) is 0 Å². The molecule has 0 amide bonds. The first-order valence-electron chi connectivity index (χ1n) is 2.19. The zero-order chi connectivity index (χ0) is 13.5. The van der Waals surface area contributed by atoms with Crippen molar-refractivity contribution in [2.75, 3.05) is 0 Å². The van der Waals surface area contributed by atoms with Crippen LogP contribution in [-0.4, -0.2) is 0 Å². The minimum absolute atomic E-state index is 0. The summed E-state index contributed by atoms with van der Waals surface area (Å²) in [6.07, 6.45) is 0. The maximum atomic E-state index is 8.55. The van der Waals surface area contributed by atoms with E-state index in [-0.39, 0.29) is 39.6 Å². The van der Waals surface area contributed by atoms with Gasteiger partial charge in [-0.2, -0.15) is 23.5 Å². The number of phosphoric acid groups is 3. The van der Waals surface area contributed by atoms with E-state index in [0.29, 0.717) is 0 Å². The van der Waals surface area contributed by atoms with E-state index in [9.17, 15) is 0 Å². The van der Waals surface area contributed by atoms with Crippen molar-refractivity contribution in [1.29, 1.82) is 0 Å². The SMILES string of the molecule is O=P([O-])([O-])[O-].O=P([O-])([O-])[O-].O=P([O-])([O-])[O-].[Mo+4].[V]. The summed E-state index contributed by atoms with van der Waals surface area (Å²) >= 11 is 0. The van der Waals surface area contributed by atoms with Crippen molar-refractivity contribution >= 4 is 23.5 Å². The fraction of sp³-hybridized carbons (Fsp3) is 0. The second kappa shape index (κ2) is 12.6. The van der Waals surface area contributed by atoms with E-state index in [0.717, 1.165) is 0 Å². The van der Waals surface area contributed by atoms with Crippen LogP contribution >= 0.6 is 23.5 Å². The Kier molecular flexibility index (Phi) is 23.1. The topological polar surface area (TPSA) is 259 Å². The predicted molar refractivity (Wildman–Crippen MR) is 22.8 cm³/mol. The van der Waals surface area contributed by atoms with Crippen molar-refractivity contribution in [3.05, 3.63) is 0 Å². The molecule has 17 heavy (non-hydrogen) atoms. The van der Waals surface area contributed by atoms with E-state index in [1.54, 1.807) is 0 Å². The second-order valence-electron chi connectivity index (χ2n) is 1.34. The number of hydrogen-bond donors (Lipinski definition) is 0. The summed E-state index contributed by atoms with van der Waals surface area (Å²) in [5.74, 6) is 0. The van der Waals surface area contributed by atoms with E-state index in [2.05, 4.69) is 0 Å². The third kappa shape index (κ3) is 1670. The molecule has 0 aliphatic carbocycles. The van der Waals surface area contributed by atoms with Crippen LogP contribution in [0.5, 0.6) is 0 Å². The molecule has 0 aliphatic rings. The van der Waals surface area contributed by atoms with Crippen molar-refractivity contribution in [1.82, 2.24) is 0 Å². The first-order chi connectivity index (χ1) is 6.00. The zero-order valence-electron chi connectivity index (χ0n) is 7.10. The molecular formula is MoO12P3V-5. The molecule has 0 spiro atoms. The van der Waals surface area contributed by atoms with Crippen molar-refractivity contribution < 1.29 is 97.4 Å². The number of rotatable bonds is 0. The Hall–Kier alpha value is 1.60. The normalized spacial score (nSPS) is 10.4. The monoisotopic (exact) mass is 434 g/mol. The van der Waals surface area contributed by atoms with E-state index >= 15 is 0 Å². The Morgan fingerprint density at radius 1 is 0.471 bits per heavy atom. The van der Waals surface area contributed by atoms with Gasteiger partial charge in [-0.15, -0.1) is 0 Å². The molecule has 0 heterocycles. The molecule has 0 aromatic rings. The zero-order valence-corrected chi connectivity index (χ0v) is 13.2. The van der Waals surface area contributed by atoms with E-state index in [1.807, 2.05) is 0 Å². The summed E-state index contributed by atoms with van der Waals surface area (Å²) < 4.78 is 25.6. The van der Waals surface area contributed by atoms with Gasteiger partial charge >= 0.3 is 21.1 Å². The molecule has 0 N–H and O–H groups in total. The smallest absolute Gasteiger partial charge is 0.822 e. The van der Waals surface area contributed by atoms with Gasteiger partial charge in [0.2, 0.25) is 0 Å². The quantitative estimate of drug-likeness (QED) is 0.255. The molecule has 103 valence electrons. The predicted octanol–water partition coefficient (Wildman–Crippen LogP) is -8.48. The molecule has 0 saturated carbocycles. The molecule has 12 nitrogen and oxygen atoms in total. The van der Waals surface area contributed by atoms with E-state index < -0.39 is 23.5 Å². The summed E-state index contributed by atoms with van der Waals surface area (Å²) in [6, 6.07) is 0. The first kappa shape index (κ1) is 31.2. The molecule has 0 rings (SSSR count). The average Bonchev–Trinajstić information content (AvgIpc) is 1.41. The average molecular weight is 432 g/mol. The summed E-state index contributed by atoms with van der Waals surface area (Å²) in [4.78, 5) is 76.9. The maximum absolute atomic E-state index is 8.55. The third-order valence-electron chi connectivity index (χ3n) is 0. The molecule has 0 aliphatic heterocycles. The van der Waals surface area contributed by atoms with Gasteiger partial charge in [-0.05, 0) is 0 Å². The molecule has 0 aromatic carbocycles. The van der Waals surface area contributed by atoms with Crippen LogP contribution in [0.25, 0.3) is 0 Å². The molecule has 0 atom stereocenters. The van der Waals surface area contributed by atoms with Gasteiger partial charge in [0, 0.05) is 18.6 Å². The number of hydrogen-bond acceptors (Lipinski definition) is 12. The van der Waals surface area contributed by atoms with Gasteiger partial charge in [-0.3, -0.25) is 0 Å². The first-order valence-corrected chi connectivity index (χ1v) is 6.57. The van der Waals surface area contributed by atoms with Crippen molar-refractivity contribution in [3.8, 4) is 0 Å². The fourth-order valence-electron chi connectivity index (χ4n) is 0. The van der Waals surface area contributed by atoms with Crippen LogP contribution in [0.4, 0.5) is 0 Å². The van der Waals surface area contributed by atoms with Crippen molar-refractivity contribution in [2.45, 2.75) is 0 Å². The van der Waals surface area contributed by atoms with Crippen LogP contribution < -0.4 is 44.0 Å². The van der Waals surface area contributed by atoms with Gasteiger partial charge in [0.25, 0.3) is 0 Å². The third-order valence-corrected chi connectivity index (χ3v) is 0. The van der Waals surface area contributed by atoms with Crippen molar-refractivity contribution in [3.63, 3.8) is 0 Å². The van der Waals surface area contributed by atoms with Crippen LogP contribution in [0, 0.1) is 0 Å². The minimum atomic E-state index is -5.39. The Morgan fingerprint density at radius 2 is 0.471 bits per heavy atom. The van der Waals surface area contributed by atoms with Gasteiger partial charge in [-0.25, -0.2) is 0 Å². The fourth-order valence-corrected chi connectivity index (χ4v) is 0. The Labute approximate surface area is 121 Å². The van der Waals surface area contributed by atoms with Gasteiger partial charge in [0.05, 0.1) is 0 Å². The summed E-state index contributed by atoms with van der Waals surface area (Å²) in [5, 5.41) is 0. The van der Waals surface area contributed by atoms with E-state index in [4.69, 9.17) is 57.7 Å². The minimum Gasteiger partial charge on any atom is -0.822 e. The Balaban J connectivity index is -0.0000000400. The van der Waals surface area contributed by atoms with Gasteiger partial charge in [0.15, 0.2) is 0 Å². The van der Waals surface area contributed by atoms with Gasteiger partial charge in [-0.1, -0.05) is 0 Å². The van der Waals surface area contributed by atoms with Crippen LogP contribution in [-0.2, 0) is 53.3 Å². The molecule has 0 unspecified atom stereocenters. The molecule has 0 aromatic heterocycles. The molecule has 0 bridgehead atoms. The van der Waals surface area contributed by atoms with Crippen LogP contribution in [0.15, 0.2) is 0 Å². The van der Waals surface area contributed by atoms with Gasteiger partial charge in [0.1, 0.15) is 0 Å². The van der Waals surface area contributed by atoms with Gasteiger partial charge < -0.3 is 57.7 Å².